The van der Waals surface area contributed by atoms with Crippen LogP contribution in [0.3, 0.4) is 0 Å². The second kappa shape index (κ2) is 4.96. The van der Waals surface area contributed by atoms with Gasteiger partial charge in [0.15, 0.2) is 0 Å². The minimum absolute atomic E-state index is 0.892. The number of nitrogens with one attached hydrogen (secondary N) is 1. The lowest BCUT2D eigenvalue weighted by molar-refractivity contribution is 0.748. The molecule has 0 aromatic carbocycles. The Hall–Kier alpha value is -1.09. The van der Waals surface area contributed by atoms with Crippen LogP contribution in [0.25, 0.3) is 0 Å². The highest BCUT2D eigenvalue weighted by Gasteiger charge is 2.00. The summed E-state index contributed by atoms with van der Waals surface area (Å²) in [6.07, 6.45) is 4.25. The summed E-state index contributed by atoms with van der Waals surface area (Å²) in [6.45, 7) is 8.08. The van der Waals surface area contributed by atoms with E-state index in [9.17, 15) is 0 Å². The molecule has 3 heteroatoms. The molecule has 0 unspecified atom stereocenters. The summed E-state index contributed by atoms with van der Waals surface area (Å²) in [4.78, 5) is 0. The number of hydrogen-bond donors (Lipinski definition) is 1. The third-order valence-electron chi connectivity index (χ3n) is 2.09. The maximum atomic E-state index is 4.29. The Morgan fingerprint density at radius 1 is 1.57 bits per heavy atom. The highest BCUT2D eigenvalue weighted by Crippen LogP contribution is 2.03. The summed E-state index contributed by atoms with van der Waals surface area (Å²) in [5.74, 6) is 0. The largest absolute Gasteiger partial charge is 0.309 e. The maximum Gasteiger partial charge on any atom is 0.0638 e. The van der Waals surface area contributed by atoms with Crippen LogP contribution in [0.15, 0.2) is 17.8 Å². The summed E-state index contributed by atoms with van der Waals surface area (Å²) >= 11 is 0. The molecule has 78 valence electrons. The highest BCUT2D eigenvalue weighted by atomic mass is 15.2. The van der Waals surface area contributed by atoms with Crippen LogP contribution in [0.1, 0.15) is 25.1 Å². The molecule has 3 nitrogen and oxygen atoms in total. The fraction of sp³-hybridized carbons (Fsp3) is 0.545. The first-order valence-corrected chi connectivity index (χ1v) is 4.93. The van der Waals surface area contributed by atoms with Crippen molar-refractivity contribution in [3.63, 3.8) is 0 Å². The van der Waals surface area contributed by atoms with E-state index in [-0.39, 0.29) is 0 Å². The molecule has 0 spiro atoms. The van der Waals surface area contributed by atoms with Gasteiger partial charge in [0.05, 0.1) is 5.69 Å². The number of hydrogen-bond acceptors (Lipinski definition) is 2. The molecule has 1 rings (SSSR count). The monoisotopic (exact) mass is 193 g/mol. The van der Waals surface area contributed by atoms with E-state index in [1.54, 1.807) is 0 Å². The Bertz CT molecular complexity index is 319. The van der Waals surface area contributed by atoms with Gasteiger partial charge >= 0.3 is 0 Å². The van der Waals surface area contributed by atoms with Crippen molar-refractivity contribution >= 4 is 0 Å². The molecule has 0 radical (unpaired) electrons. The van der Waals surface area contributed by atoms with Crippen LogP contribution in [0.4, 0.5) is 0 Å². The molecule has 1 heterocycles. The first-order valence-electron chi connectivity index (χ1n) is 4.93. The molecule has 0 aliphatic carbocycles. The van der Waals surface area contributed by atoms with Crippen LogP contribution in [-0.4, -0.2) is 16.3 Å². The van der Waals surface area contributed by atoms with Crippen molar-refractivity contribution in [1.82, 2.24) is 15.1 Å². The van der Waals surface area contributed by atoms with Crippen LogP contribution in [-0.2, 0) is 13.6 Å². The molecule has 0 saturated carbocycles. The van der Waals surface area contributed by atoms with Crippen LogP contribution < -0.4 is 5.32 Å². The molecule has 14 heavy (non-hydrogen) atoms. The van der Waals surface area contributed by atoms with Crippen molar-refractivity contribution in [2.45, 2.75) is 27.3 Å². The lowest BCUT2D eigenvalue weighted by atomic mass is 10.2. The van der Waals surface area contributed by atoms with E-state index in [1.807, 2.05) is 18.7 Å². The van der Waals surface area contributed by atoms with Crippen molar-refractivity contribution in [2.24, 2.45) is 7.05 Å². The summed E-state index contributed by atoms with van der Waals surface area (Å²) in [5, 5.41) is 7.64. The van der Waals surface area contributed by atoms with E-state index in [0.717, 1.165) is 18.8 Å². The van der Waals surface area contributed by atoms with Crippen molar-refractivity contribution in [2.75, 3.05) is 6.54 Å². The van der Waals surface area contributed by atoms with Gasteiger partial charge in [-0.15, -0.1) is 0 Å². The van der Waals surface area contributed by atoms with Gasteiger partial charge in [0.1, 0.15) is 0 Å². The zero-order valence-electron chi connectivity index (χ0n) is 9.46. The molecule has 0 aliphatic heterocycles. The normalized spacial score (nSPS) is 10.3. The number of rotatable bonds is 4. The fourth-order valence-corrected chi connectivity index (χ4v) is 1.31. The summed E-state index contributed by atoms with van der Waals surface area (Å²) in [5.41, 5.74) is 3.73. The van der Waals surface area contributed by atoms with Crippen LogP contribution in [0, 0.1) is 6.92 Å². The second-order valence-corrected chi connectivity index (χ2v) is 3.83. The Labute approximate surface area is 85.8 Å². The number of nitrogens with zero attached hydrogens (tertiary/aromatic N) is 2. The van der Waals surface area contributed by atoms with Crippen molar-refractivity contribution in [3.8, 4) is 0 Å². The third-order valence-corrected chi connectivity index (χ3v) is 2.09. The molecule has 0 saturated heterocycles. The van der Waals surface area contributed by atoms with Gasteiger partial charge in [0.25, 0.3) is 0 Å². The maximum absolute atomic E-state index is 4.29. The Morgan fingerprint density at radius 2 is 2.29 bits per heavy atom. The Balaban J connectivity index is 2.38. The van der Waals surface area contributed by atoms with Gasteiger partial charge in [-0.1, -0.05) is 11.6 Å². The van der Waals surface area contributed by atoms with E-state index < -0.39 is 0 Å². The summed E-state index contributed by atoms with van der Waals surface area (Å²) in [6, 6.07) is 0. The molecule has 1 aromatic heterocycles. The van der Waals surface area contributed by atoms with Crippen molar-refractivity contribution in [3.05, 3.63) is 29.1 Å². The van der Waals surface area contributed by atoms with Gasteiger partial charge in [-0.2, -0.15) is 5.10 Å². The standard InChI is InChI=1S/C11H19N3/c1-9(2)5-6-12-7-11-8-14(4)13-10(11)3/h5,8,12H,6-7H2,1-4H3. The number of aryl methyl sites for hydroxylation is 2. The summed E-state index contributed by atoms with van der Waals surface area (Å²) in [7, 11) is 1.95. The molecular formula is C11H19N3. The van der Waals surface area contributed by atoms with E-state index in [0.29, 0.717) is 0 Å². The van der Waals surface area contributed by atoms with E-state index in [1.165, 1.54) is 11.1 Å². The minimum atomic E-state index is 0.892. The molecule has 0 aliphatic rings. The van der Waals surface area contributed by atoms with Gasteiger partial charge in [-0.05, 0) is 20.8 Å². The van der Waals surface area contributed by atoms with Crippen LogP contribution >= 0.6 is 0 Å². The van der Waals surface area contributed by atoms with Gasteiger partial charge in [-0.25, -0.2) is 0 Å². The highest BCUT2D eigenvalue weighted by molar-refractivity contribution is 5.14. The Kier molecular flexibility index (Phi) is 3.89. The second-order valence-electron chi connectivity index (χ2n) is 3.83. The topological polar surface area (TPSA) is 29.9 Å². The van der Waals surface area contributed by atoms with Crippen LogP contribution in [0.2, 0.25) is 0 Å². The lowest BCUT2D eigenvalue weighted by Gasteiger charge is -1.99. The average Bonchev–Trinajstić information content (AvgIpc) is 2.39. The van der Waals surface area contributed by atoms with Crippen molar-refractivity contribution < 1.29 is 0 Å². The smallest absolute Gasteiger partial charge is 0.0638 e. The molecule has 0 atom stereocenters. The van der Waals surface area contributed by atoms with Gasteiger partial charge in [-0.3, -0.25) is 4.68 Å². The van der Waals surface area contributed by atoms with Crippen molar-refractivity contribution in [1.29, 1.82) is 0 Å². The lowest BCUT2D eigenvalue weighted by Crippen LogP contribution is -2.13. The molecule has 1 aromatic rings. The third kappa shape index (κ3) is 3.34. The average molecular weight is 193 g/mol. The molecule has 1 N–H and O–H groups in total. The molecule has 0 fully saturated rings. The zero-order chi connectivity index (χ0) is 10.6. The van der Waals surface area contributed by atoms with Gasteiger partial charge in [0, 0.05) is 31.9 Å². The fourth-order valence-electron chi connectivity index (χ4n) is 1.31. The SMILES string of the molecule is CC(C)=CCNCc1cn(C)nc1C. The Morgan fingerprint density at radius 3 is 2.79 bits per heavy atom. The predicted octanol–water partition coefficient (Wildman–Crippen LogP) is 1.78. The minimum Gasteiger partial charge on any atom is -0.309 e. The van der Waals surface area contributed by atoms with E-state index in [2.05, 4.69) is 36.5 Å². The summed E-state index contributed by atoms with van der Waals surface area (Å²) < 4.78 is 1.85. The first kappa shape index (κ1) is 11.0. The molecular weight excluding hydrogens is 174 g/mol. The van der Waals surface area contributed by atoms with Gasteiger partial charge < -0.3 is 5.32 Å². The van der Waals surface area contributed by atoms with E-state index >= 15 is 0 Å². The zero-order valence-corrected chi connectivity index (χ0v) is 9.46. The number of aromatic nitrogens is 2. The number of allylic oxidation sites excluding steroid dienone is 1. The predicted molar refractivity (Wildman–Crippen MR) is 59.1 cm³/mol. The first-order chi connectivity index (χ1) is 6.59. The van der Waals surface area contributed by atoms with Crippen LogP contribution in [0.5, 0.6) is 0 Å². The molecule has 0 amide bonds. The van der Waals surface area contributed by atoms with E-state index in [4.69, 9.17) is 0 Å². The van der Waals surface area contributed by atoms with Gasteiger partial charge in [0.2, 0.25) is 0 Å². The quantitative estimate of drug-likeness (QED) is 0.583. The molecule has 0 bridgehead atoms.